The zero-order valence-corrected chi connectivity index (χ0v) is 14.9. The Labute approximate surface area is 138 Å². The van der Waals surface area contributed by atoms with E-state index < -0.39 is 29.5 Å². The Morgan fingerprint density at radius 3 is 2.04 bits per heavy atom. The molecule has 0 heterocycles. The molecule has 0 spiro atoms. The van der Waals surface area contributed by atoms with Crippen molar-refractivity contribution in [2.24, 2.45) is 17.8 Å². The first-order valence-electron chi connectivity index (χ1n) is 7.89. The second-order valence-electron chi connectivity index (χ2n) is 7.19. The van der Waals surface area contributed by atoms with Crippen molar-refractivity contribution < 1.29 is 24.2 Å². The number of hydrogen-bond donors (Lipinski definition) is 3. The third kappa shape index (κ3) is 10.5. The number of nitrogens with one attached hydrogen (secondary N) is 2. The van der Waals surface area contributed by atoms with Crippen LogP contribution in [0.5, 0.6) is 0 Å². The van der Waals surface area contributed by atoms with Gasteiger partial charge in [0.2, 0.25) is 5.91 Å². The van der Waals surface area contributed by atoms with Crippen molar-refractivity contribution >= 4 is 18.0 Å². The minimum absolute atomic E-state index is 0.0864. The van der Waals surface area contributed by atoms with Gasteiger partial charge in [0.15, 0.2) is 0 Å². The molecule has 2 atom stereocenters. The zero-order chi connectivity index (χ0) is 18.2. The standard InChI is InChI=1S/C16H30N2O5/c1-10(2)7-12(14(20)21)9-17-13(19)11(3)8-18-15(22)23-16(4,5)6/h10-12H,7-9H2,1-6H3,(H,17,19)(H,18,22)(H,20,21)/t11-,12-/m1/s1. The molecule has 0 saturated heterocycles. The fourth-order valence-corrected chi connectivity index (χ4v) is 1.88. The summed E-state index contributed by atoms with van der Waals surface area (Å²) < 4.78 is 5.08. The van der Waals surface area contributed by atoms with E-state index in [2.05, 4.69) is 10.6 Å². The highest BCUT2D eigenvalue weighted by Gasteiger charge is 2.22. The van der Waals surface area contributed by atoms with E-state index in [-0.39, 0.29) is 24.9 Å². The van der Waals surface area contributed by atoms with Crippen LogP contribution in [0.1, 0.15) is 48.0 Å². The molecule has 0 aromatic rings. The largest absolute Gasteiger partial charge is 0.481 e. The van der Waals surface area contributed by atoms with Crippen molar-refractivity contribution in [3.05, 3.63) is 0 Å². The van der Waals surface area contributed by atoms with Gasteiger partial charge in [-0.2, -0.15) is 0 Å². The number of amides is 2. The van der Waals surface area contributed by atoms with E-state index in [1.807, 2.05) is 13.8 Å². The molecule has 7 heteroatoms. The Balaban J connectivity index is 4.24. The van der Waals surface area contributed by atoms with Crippen molar-refractivity contribution in [2.75, 3.05) is 13.1 Å². The first-order valence-corrected chi connectivity index (χ1v) is 7.89. The molecular weight excluding hydrogens is 300 g/mol. The topological polar surface area (TPSA) is 105 Å². The van der Waals surface area contributed by atoms with Gasteiger partial charge in [-0.25, -0.2) is 4.79 Å². The van der Waals surface area contributed by atoms with Crippen molar-refractivity contribution in [1.29, 1.82) is 0 Å². The van der Waals surface area contributed by atoms with Crippen LogP contribution in [0.2, 0.25) is 0 Å². The SMILES string of the molecule is CC(C)C[C@H](CNC(=O)[C@H](C)CNC(=O)OC(C)(C)C)C(=O)O. The fraction of sp³-hybridized carbons (Fsp3) is 0.812. The van der Waals surface area contributed by atoms with Crippen LogP contribution in [-0.2, 0) is 14.3 Å². The normalized spacial score (nSPS) is 14.0. The molecule has 0 aliphatic heterocycles. The fourth-order valence-electron chi connectivity index (χ4n) is 1.88. The maximum atomic E-state index is 12.0. The predicted molar refractivity (Wildman–Crippen MR) is 87.0 cm³/mol. The van der Waals surface area contributed by atoms with Crippen molar-refractivity contribution in [2.45, 2.75) is 53.6 Å². The van der Waals surface area contributed by atoms with Gasteiger partial charge in [-0.15, -0.1) is 0 Å². The van der Waals surface area contributed by atoms with Gasteiger partial charge >= 0.3 is 12.1 Å². The molecule has 0 radical (unpaired) electrons. The summed E-state index contributed by atoms with van der Waals surface area (Å²) in [7, 11) is 0. The van der Waals surface area contributed by atoms with E-state index >= 15 is 0 Å². The molecule has 23 heavy (non-hydrogen) atoms. The Morgan fingerprint density at radius 1 is 1.04 bits per heavy atom. The number of rotatable bonds is 8. The molecule has 0 aliphatic carbocycles. The summed E-state index contributed by atoms with van der Waals surface area (Å²) >= 11 is 0. The number of carboxylic acid groups (broad SMARTS) is 1. The van der Waals surface area contributed by atoms with Crippen LogP contribution < -0.4 is 10.6 Å². The maximum absolute atomic E-state index is 12.0. The lowest BCUT2D eigenvalue weighted by molar-refractivity contribution is -0.142. The molecule has 134 valence electrons. The number of carbonyl (C=O) groups is 3. The Kier molecular flexibility index (Phi) is 8.64. The molecule has 0 rings (SSSR count). The van der Waals surface area contributed by atoms with Crippen LogP contribution in [-0.4, -0.2) is 41.8 Å². The minimum atomic E-state index is -0.918. The minimum Gasteiger partial charge on any atom is -0.481 e. The maximum Gasteiger partial charge on any atom is 0.407 e. The summed E-state index contributed by atoms with van der Waals surface area (Å²) in [6.07, 6.45) is -0.0828. The highest BCUT2D eigenvalue weighted by atomic mass is 16.6. The van der Waals surface area contributed by atoms with Crippen LogP contribution in [0.15, 0.2) is 0 Å². The quantitative estimate of drug-likeness (QED) is 0.631. The third-order valence-corrected chi connectivity index (χ3v) is 3.03. The molecule has 0 bridgehead atoms. The molecule has 2 amide bonds. The summed E-state index contributed by atoms with van der Waals surface area (Å²) in [5.41, 5.74) is -0.596. The highest BCUT2D eigenvalue weighted by Crippen LogP contribution is 2.11. The molecule has 0 aliphatic rings. The van der Waals surface area contributed by atoms with E-state index in [4.69, 9.17) is 9.84 Å². The first kappa shape index (κ1) is 21.2. The zero-order valence-electron chi connectivity index (χ0n) is 14.9. The van der Waals surface area contributed by atoms with E-state index in [1.54, 1.807) is 27.7 Å². The van der Waals surface area contributed by atoms with Gasteiger partial charge in [-0.05, 0) is 33.1 Å². The van der Waals surface area contributed by atoms with Crippen LogP contribution in [0, 0.1) is 17.8 Å². The van der Waals surface area contributed by atoms with E-state index in [0.717, 1.165) is 0 Å². The molecule has 0 fully saturated rings. The average Bonchev–Trinajstić information content (AvgIpc) is 2.37. The monoisotopic (exact) mass is 330 g/mol. The number of carboxylic acids is 1. The van der Waals surface area contributed by atoms with Crippen molar-refractivity contribution in [1.82, 2.24) is 10.6 Å². The second kappa shape index (κ2) is 9.37. The van der Waals surface area contributed by atoms with E-state index in [9.17, 15) is 14.4 Å². The molecule has 7 nitrogen and oxygen atoms in total. The Hall–Kier alpha value is -1.79. The predicted octanol–water partition coefficient (Wildman–Crippen LogP) is 2.01. The molecule has 3 N–H and O–H groups in total. The van der Waals surface area contributed by atoms with Gasteiger partial charge in [0.1, 0.15) is 5.60 Å². The second-order valence-corrected chi connectivity index (χ2v) is 7.19. The lowest BCUT2D eigenvalue weighted by atomic mass is 9.97. The van der Waals surface area contributed by atoms with Gasteiger partial charge in [-0.3, -0.25) is 9.59 Å². The summed E-state index contributed by atoms with van der Waals surface area (Å²) in [6.45, 7) is 11.0. The van der Waals surface area contributed by atoms with Gasteiger partial charge in [0.25, 0.3) is 0 Å². The summed E-state index contributed by atoms with van der Waals surface area (Å²) in [5.74, 6) is -2.06. The average molecular weight is 330 g/mol. The number of aliphatic carboxylic acids is 1. The number of hydrogen-bond acceptors (Lipinski definition) is 4. The molecule has 0 aromatic heterocycles. The lowest BCUT2D eigenvalue weighted by Gasteiger charge is -2.21. The van der Waals surface area contributed by atoms with Crippen LogP contribution in [0.4, 0.5) is 4.79 Å². The van der Waals surface area contributed by atoms with Gasteiger partial charge in [0, 0.05) is 13.1 Å². The number of alkyl carbamates (subject to hydrolysis) is 1. The van der Waals surface area contributed by atoms with Crippen molar-refractivity contribution in [3.63, 3.8) is 0 Å². The number of ether oxygens (including phenoxy) is 1. The summed E-state index contributed by atoms with van der Waals surface area (Å²) in [4.78, 5) is 34.6. The summed E-state index contributed by atoms with van der Waals surface area (Å²) in [6, 6.07) is 0. The van der Waals surface area contributed by atoms with Crippen LogP contribution >= 0.6 is 0 Å². The molecule has 0 unspecified atom stereocenters. The molecule has 0 saturated carbocycles. The summed E-state index contributed by atoms with van der Waals surface area (Å²) in [5, 5.41) is 14.3. The third-order valence-electron chi connectivity index (χ3n) is 3.03. The lowest BCUT2D eigenvalue weighted by Crippen LogP contribution is -2.41. The van der Waals surface area contributed by atoms with Crippen LogP contribution in [0.3, 0.4) is 0 Å². The Bertz CT molecular complexity index is 415. The number of carbonyl (C=O) groups excluding carboxylic acids is 2. The molecule has 0 aromatic carbocycles. The smallest absolute Gasteiger partial charge is 0.407 e. The van der Waals surface area contributed by atoms with E-state index in [1.165, 1.54) is 0 Å². The van der Waals surface area contributed by atoms with Crippen LogP contribution in [0.25, 0.3) is 0 Å². The van der Waals surface area contributed by atoms with Gasteiger partial charge in [-0.1, -0.05) is 20.8 Å². The van der Waals surface area contributed by atoms with Crippen molar-refractivity contribution in [3.8, 4) is 0 Å². The van der Waals surface area contributed by atoms with E-state index in [0.29, 0.717) is 6.42 Å². The Morgan fingerprint density at radius 2 is 1.61 bits per heavy atom. The van der Waals surface area contributed by atoms with Gasteiger partial charge in [0.05, 0.1) is 11.8 Å². The highest BCUT2D eigenvalue weighted by molar-refractivity contribution is 5.80. The molecular formula is C16H30N2O5. The first-order chi connectivity index (χ1) is 10.4. The van der Waals surface area contributed by atoms with Gasteiger partial charge < -0.3 is 20.5 Å².